The fraction of sp³-hybridized carbons (Fsp3) is 0.632. The van der Waals surface area contributed by atoms with Gasteiger partial charge in [0.25, 0.3) is 5.91 Å². The smallest absolute Gasteiger partial charge is 0.254 e. The number of sulfonamides is 1. The van der Waals surface area contributed by atoms with Gasteiger partial charge in [0.1, 0.15) is 0 Å². The predicted molar refractivity (Wildman–Crippen MR) is 111 cm³/mol. The summed E-state index contributed by atoms with van der Waals surface area (Å²) in [6.45, 7) is 6.60. The molecule has 0 aromatic heterocycles. The van der Waals surface area contributed by atoms with Crippen LogP contribution in [-0.4, -0.2) is 62.8 Å². The van der Waals surface area contributed by atoms with Gasteiger partial charge in [0.05, 0.1) is 10.5 Å². The van der Waals surface area contributed by atoms with Gasteiger partial charge in [0.15, 0.2) is 0 Å². The number of carbonyl (C=O) groups is 1. The van der Waals surface area contributed by atoms with Gasteiger partial charge in [0.2, 0.25) is 10.0 Å². The normalized spacial score (nSPS) is 17.0. The van der Waals surface area contributed by atoms with E-state index in [2.05, 4.69) is 12.2 Å². The molecule has 1 fully saturated rings. The third-order valence-electron chi connectivity index (χ3n) is 4.78. The van der Waals surface area contributed by atoms with Crippen LogP contribution in [0.25, 0.3) is 0 Å². The zero-order valence-corrected chi connectivity index (χ0v) is 18.1. The number of hydrogen-bond acceptors (Lipinski definition) is 4. The molecule has 1 amide bonds. The first kappa shape index (κ1) is 23.9. The lowest BCUT2D eigenvalue weighted by Crippen LogP contribution is -2.42. The standard InChI is InChI=1S/C19H31N3O3S.ClH/c1-4-6-14-21(3)19(23)17-9-7-8-10-18(17)26(24,25)22(13-5-2)16-11-12-20-15-16;/h7-10,16,20H,4-6,11-15H2,1-3H3;1H. The molecule has 1 aliphatic rings. The summed E-state index contributed by atoms with van der Waals surface area (Å²) in [5.41, 5.74) is 0.262. The number of rotatable bonds is 9. The molecule has 1 aromatic rings. The number of nitrogens with zero attached hydrogens (tertiary/aromatic N) is 2. The lowest BCUT2D eigenvalue weighted by molar-refractivity contribution is 0.0789. The molecule has 154 valence electrons. The molecule has 1 aliphatic heterocycles. The maximum absolute atomic E-state index is 13.4. The van der Waals surface area contributed by atoms with Gasteiger partial charge in [-0.1, -0.05) is 32.4 Å². The minimum Gasteiger partial charge on any atom is -0.342 e. The quantitative estimate of drug-likeness (QED) is 0.670. The third-order valence-corrected chi connectivity index (χ3v) is 6.79. The highest BCUT2D eigenvalue weighted by Crippen LogP contribution is 2.25. The maximum atomic E-state index is 13.4. The van der Waals surface area contributed by atoms with Crippen molar-refractivity contribution < 1.29 is 13.2 Å². The highest BCUT2D eigenvalue weighted by molar-refractivity contribution is 7.89. The molecule has 8 heteroatoms. The Labute approximate surface area is 169 Å². The first-order valence-electron chi connectivity index (χ1n) is 9.50. The fourth-order valence-corrected chi connectivity index (χ4v) is 5.23. The SMILES string of the molecule is CCCCN(C)C(=O)c1ccccc1S(=O)(=O)N(CCC)C1CCNC1.Cl. The number of benzene rings is 1. The Kier molecular flexibility index (Phi) is 9.73. The van der Waals surface area contributed by atoms with Gasteiger partial charge in [-0.15, -0.1) is 12.4 Å². The maximum Gasteiger partial charge on any atom is 0.254 e. The van der Waals surface area contributed by atoms with Crippen LogP contribution in [0.2, 0.25) is 0 Å². The molecular weight excluding hydrogens is 386 g/mol. The van der Waals surface area contributed by atoms with Gasteiger partial charge < -0.3 is 10.2 Å². The third kappa shape index (κ3) is 5.67. The predicted octanol–water partition coefficient (Wildman–Crippen LogP) is 2.74. The van der Waals surface area contributed by atoms with E-state index >= 15 is 0 Å². The first-order chi connectivity index (χ1) is 12.4. The van der Waals surface area contributed by atoms with E-state index in [0.29, 0.717) is 19.6 Å². The minimum absolute atomic E-state index is 0. The van der Waals surface area contributed by atoms with Crippen molar-refractivity contribution in [2.24, 2.45) is 0 Å². The van der Waals surface area contributed by atoms with Crippen molar-refractivity contribution in [1.29, 1.82) is 0 Å². The molecule has 1 aromatic carbocycles. The van der Waals surface area contributed by atoms with E-state index in [9.17, 15) is 13.2 Å². The fourth-order valence-electron chi connectivity index (χ4n) is 3.30. The van der Waals surface area contributed by atoms with Crippen molar-refractivity contribution >= 4 is 28.3 Å². The highest BCUT2D eigenvalue weighted by Gasteiger charge is 2.35. The van der Waals surface area contributed by atoms with Crippen molar-refractivity contribution in [2.75, 3.05) is 33.2 Å². The van der Waals surface area contributed by atoms with Gasteiger partial charge >= 0.3 is 0 Å². The van der Waals surface area contributed by atoms with E-state index in [1.807, 2.05) is 6.92 Å². The molecule has 0 bridgehead atoms. The van der Waals surface area contributed by atoms with E-state index in [1.165, 1.54) is 0 Å². The molecule has 0 spiro atoms. The number of halogens is 1. The Bertz CT molecular complexity index is 706. The second-order valence-corrected chi connectivity index (χ2v) is 8.70. The van der Waals surface area contributed by atoms with Crippen LogP contribution in [-0.2, 0) is 10.0 Å². The zero-order chi connectivity index (χ0) is 19.2. The van der Waals surface area contributed by atoms with Gasteiger partial charge in [-0.05, 0) is 37.9 Å². The van der Waals surface area contributed by atoms with Crippen LogP contribution in [0.3, 0.4) is 0 Å². The Morgan fingerprint density at radius 3 is 2.48 bits per heavy atom. The molecule has 2 rings (SSSR count). The number of nitrogens with one attached hydrogen (secondary N) is 1. The van der Waals surface area contributed by atoms with Crippen molar-refractivity contribution in [3.63, 3.8) is 0 Å². The highest BCUT2D eigenvalue weighted by atomic mass is 35.5. The minimum atomic E-state index is -3.73. The first-order valence-corrected chi connectivity index (χ1v) is 10.9. The average Bonchev–Trinajstić information content (AvgIpc) is 3.17. The topological polar surface area (TPSA) is 69.7 Å². The Morgan fingerprint density at radius 2 is 1.89 bits per heavy atom. The molecule has 0 radical (unpaired) electrons. The van der Waals surface area contributed by atoms with Crippen LogP contribution in [0.15, 0.2) is 29.2 Å². The zero-order valence-electron chi connectivity index (χ0n) is 16.5. The number of amides is 1. The van der Waals surface area contributed by atoms with Crippen LogP contribution >= 0.6 is 12.4 Å². The molecule has 0 saturated carbocycles. The summed E-state index contributed by atoms with van der Waals surface area (Å²) in [6, 6.07) is 6.53. The summed E-state index contributed by atoms with van der Waals surface area (Å²) in [7, 11) is -2.00. The van der Waals surface area contributed by atoms with Crippen molar-refractivity contribution in [3.05, 3.63) is 29.8 Å². The molecule has 6 nitrogen and oxygen atoms in total. The van der Waals surface area contributed by atoms with Gasteiger partial charge in [-0.25, -0.2) is 8.42 Å². The molecule has 1 heterocycles. The van der Waals surface area contributed by atoms with Crippen LogP contribution in [0.1, 0.15) is 49.9 Å². The lowest BCUT2D eigenvalue weighted by atomic mass is 10.2. The number of unbranched alkanes of at least 4 members (excludes halogenated alkanes) is 1. The molecule has 1 saturated heterocycles. The van der Waals surface area contributed by atoms with Crippen LogP contribution in [0.4, 0.5) is 0 Å². The average molecular weight is 418 g/mol. The van der Waals surface area contributed by atoms with E-state index < -0.39 is 10.0 Å². The molecule has 1 unspecified atom stereocenters. The van der Waals surface area contributed by atoms with E-state index in [0.717, 1.165) is 32.2 Å². The number of carbonyl (C=O) groups excluding carboxylic acids is 1. The summed E-state index contributed by atoms with van der Waals surface area (Å²) >= 11 is 0. The summed E-state index contributed by atoms with van der Waals surface area (Å²) < 4.78 is 28.4. The van der Waals surface area contributed by atoms with Crippen LogP contribution < -0.4 is 5.32 Å². The summed E-state index contributed by atoms with van der Waals surface area (Å²) in [5, 5.41) is 3.23. The van der Waals surface area contributed by atoms with Crippen molar-refractivity contribution in [3.8, 4) is 0 Å². The Hall–Kier alpha value is -1.15. The summed E-state index contributed by atoms with van der Waals surface area (Å²) in [4.78, 5) is 14.6. The molecule has 0 aliphatic carbocycles. The summed E-state index contributed by atoms with van der Waals surface area (Å²) in [5.74, 6) is -0.237. The summed E-state index contributed by atoms with van der Waals surface area (Å²) in [6.07, 6.45) is 3.41. The molecular formula is C19H32ClN3O3S. The van der Waals surface area contributed by atoms with Gasteiger partial charge in [-0.3, -0.25) is 4.79 Å². The molecule has 1 N–H and O–H groups in total. The monoisotopic (exact) mass is 417 g/mol. The van der Waals surface area contributed by atoms with E-state index in [4.69, 9.17) is 0 Å². The largest absolute Gasteiger partial charge is 0.342 e. The van der Waals surface area contributed by atoms with Crippen molar-refractivity contribution in [2.45, 2.75) is 50.5 Å². The second kappa shape index (κ2) is 11.0. The van der Waals surface area contributed by atoms with Crippen molar-refractivity contribution in [1.82, 2.24) is 14.5 Å². The van der Waals surface area contributed by atoms with Crippen LogP contribution in [0.5, 0.6) is 0 Å². The Morgan fingerprint density at radius 1 is 1.19 bits per heavy atom. The lowest BCUT2D eigenvalue weighted by Gasteiger charge is -2.28. The second-order valence-electron chi connectivity index (χ2n) is 6.84. The number of hydrogen-bond donors (Lipinski definition) is 1. The van der Waals surface area contributed by atoms with E-state index in [-0.39, 0.29) is 34.8 Å². The van der Waals surface area contributed by atoms with Gasteiger partial charge in [0, 0.05) is 32.7 Å². The van der Waals surface area contributed by atoms with E-state index in [1.54, 1.807) is 40.5 Å². The van der Waals surface area contributed by atoms with Gasteiger partial charge in [-0.2, -0.15) is 4.31 Å². The Balaban J connectivity index is 0.00000364. The molecule has 1 atom stereocenters. The molecule has 27 heavy (non-hydrogen) atoms. The van der Waals surface area contributed by atoms with Crippen LogP contribution in [0, 0.1) is 0 Å².